The quantitative estimate of drug-likeness (QED) is 0.931. The van der Waals surface area contributed by atoms with Gasteiger partial charge in [0.15, 0.2) is 0 Å². The molecule has 1 aliphatic rings. The van der Waals surface area contributed by atoms with Gasteiger partial charge in [0.1, 0.15) is 23.1 Å². The van der Waals surface area contributed by atoms with E-state index >= 15 is 0 Å². The van der Waals surface area contributed by atoms with Crippen LogP contribution < -0.4 is 9.47 Å². The molecule has 0 aliphatic carbocycles. The fraction of sp³-hybridized carbons (Fsp3) is 0.412. The van der Waals surface area contributed by atoms with E-state index in [1.807, 2.05) is 13.1 Å². The lowest BCUT2D eigenvalue weighted by atomic mass is 10.1. The van der Waals surface area contributed by atoms with Crippen molar-refractivity contribution >= 4 is 0 Å². The Morgan fingerprint density at radius 1 is 1.22 bits per heavy atom. The Morgan fingerprint density at radius 3 is 2.57 bits per heavy atom. The maximum Gasteiger partial charge on any atom is 0.130 e. The highest BCUT2D eigenvalue weighted by atomic mass is 16.5. The SMILES string of the molecule is COc1cc(O)cc(OC)c1CN1CCc2nc(C)ncc2C1. The predicted molar refractivity (Wildman–Crippen MR) is 85.8 cm³/mol. The summed E-state index contributed by atoms with van der Waals surface area (Å²) < 4.78 is 10.8. The molecule has 0 atom stereocenters. The predicted octanol–water partition coefficient (Wildman–Crippen LogP) is 2.07. The molecule has 3 rings (SSSR count). The largest absolute Gasteiger partial charge is 0.508 e. The van der Waals surface area contributed by atoms with Gasteiger partial charge in [-0.15, -0.1) is 0 Å². The number of nitrogens with zero attached hydrogens (tertiary/aromatic N) is 3. The van der Waals surface area contributed by atoms with Crippen LogP contribution in [0.15, 0.2) is 18.3 Å². The van der Waals surface area contributed by atoms with Crippen LogP contribution in [0.1, 0.15) is 22.6 Å². The van der Waals surface area contributed by atoms with Crippen LogP contribution in [-0.2, 0) is 19.5 Å². The smallest absolute Gasteiger partial charge is 0.130 e. The number of aromatic nitrogens is 2. The maximum atomic E-state index is 9.75. The van der Waals surface area contributed by atoms with Crippen LogP contribution in [-0.4, -0.2) is 40.7 Å². The monoisotopic (exact) mass is 315 g/mol. The third-order valence-corrected chi connectivity index (χ3v) is 4.11. The molecule has 0 amide bonds. The first-order valence-corrected chi connectivity index (χ1v) is 7.58. The lowest BCUT2D eigenvalue weighted by Gasteiger charge is -2.29. The molecule has 6 nitrogen and oxygen atoms in total. The Kier molecular flexibility index (Phi) is 4.34. The highest BCUT2D eigenvalue weighted by molar-refractivity contribution is 5.50. The molecule has 23 heavy (non-hydrogen) atoms. The van der Waals surface area contributed by atoms with Crippen LogP contribution in [0, 0.1) is 6.92 Å². The van der Waals surface area contributed by atoms with Gasteiger partial charge in [-0.3, -0.25) is 4.90 Å². The minimum atomic E-state index is 0.135. The average molecular weight is 315 g/mol. The molecule has 0 fully saturated rings. The van der Waals surface area contributed by atoms with Gasteiger partial charge in [0.2, 0.25) is 0 Å². The van der Waals surface area contributed by atoms with Crippen LogP contribution in [0.5, 0.6) is 17.2 Å². The summed E-state index contributed by atoms with van der Waals surface area (Å²) in [6.45, 7) is 4.30. The first-order valence-electron chi connectivity index (χ1n) is 7.58. The molecule has 1 aliphatic heterocycles. The third kappa shape index (κ3) is 3.22. The average Bonchev–Trinajstić information content (AvgIpc) is 2.56. The van der Waals surface area contributed by atoms with Gasteiger partial charge in [-0.2, -0.15) is 0 Å². The number of methoxy groups -OCH3 is 2. The van der Waals surface area contributed by atoms with E-state index in [0.29, 0.717) is 18.0 Å². The van der Waals surface area contributed by atoms with Crippen molar-refractivity contribution in [2.75, 3.05) is 20.8 Å². The molecule has 0 saturated heterocycles. The molecule has 0 spiro atoms. The summed E-state index contributed by atoms with van der Waals surface area (Å²) >= 11 is 0. The summed E-state index contributed by atoms with van der Waals surface area (Å²) in [5.74, 6) is 2.22. The number of hydrogen-bond donors (Lipinski definition) is 1. The number of benzene rings is 1. The number of aryl methyl sites for hydroxylation is 1. The lowest BCUT2D eigenvalue weighted by molar-refractivity contribution is 0.234. The van der Waals surface area contributed by atoms with E-state index in [1.165, 1.54) is 5.56 Å². The molecule has 1 aromatic carbocycles. The number of aromatic hydroxyl groups is 1. The summed E-state index contributed by atoms with van der Waals surface area (Å²) in [5, 5.41) is 9.75. The van der Waals surface area contributed by atoms with Gasteiger partial charge in [-0.25, -0.2) is 9.97 Å². The number of ether oxygens (including phenoxy) is 2. The molecular weight excluding hydrogens is 294 g/mol. The molecule has 6 heteroatoms. The first kappa shape index (κ1) is 15.6. The number of phenols is 1. The number of hydrogen-bond acceptors (Lipinski definition) is 6. The fourth-order valence-electron chi connectivity index (χ4n) is 2.96. The number of fused-ring (bicyclic) bond motifs is 1. The van der Waals surface area contributed by atoms with Gasteiger partial charge in [0, 0.05) is 55.6 Å². The minimum absolute atomic E-state index is 0.135. The van der Waals surface area contributed by atoms with Crippen molar-refractivity contribution in [1.29, 1.82) is 0 Å². The highest BCUT2D eigenvalue weighted by Crippen LogP contribution is 2.35. The summed E-state index contributed by atoms with van der Waals surface area (Å²) in [6, 6.07) is 3.23. The van der Waals surface area contributed by atoms with Crippen molar-refractivity contribution in [1.82, 2.24) is 14.9 Å². The van der Waals surface area contributed by atoms with Crippen LogP contribution in [0.25, 0.3) is 0 Å². The van der Waals surface area contributed by atoms with Crippen LogP contribution >= 0.6 is 0 Å². The van der Waals surface area contributed by atoms with Crippen LogP contribution in [0.2, 0.25) is 0 Å². The Morgan fingerprint density at radius 2 is 1.91 bits per heavy atom. The normalized spacial score (nSPS) is 14.4. The van der Waals surface area contributed by atoms with E-state index in [9.17, 15) is 5.11 Å². The van der Waals surface area contributed by atoms with E-state index in [-0.39, 0.29) is 5.75 Å². The second-order valence-corrected chi connectivity index (χ2v) is 5.68. The summed E-state index contributed by atoms with van der Waals surface area (Å²) in [4.78, 5) is 11.1. The Labute approximate surface area is 135 Å². The van der Waals surface area contributed by atoms with Crippen molar-refractivity contribution in [2.45, 2.75) is 26.4 Å². The van der Waals surface area contributed by atoms with Gasteiger partial charge in [0.25, 0.3) is 0 Å². The lowest BCUT2D eigenvalue weighted by Crippen LogP contribution is -2.31. The zero-order valence-electron chi connectivity index (χ0n) is 13.7. The van der Waals surface area contributed by atoms with Crippen LogP contribution in [0.4, 0.5) is 0 Å². The molecule has 2 aromatic rings. The van der Waals surface area contributed by atoms with Gasteiger partial charge in [-0.1, -0.05) is 0 Å². The molecular formula is C17H21N3O3. The molecule has 0 unspecified atom stereocenters. The summed E-state index contributed by atoms with van der Waals surface area (Å²) in [6.07, 6.45) is 2.82. The Hall–Kier alpha value is -2.34. The van der Waals surface area contributed by atoms with E-state index in [2.05, 4.69) is 14.9 Å². The Balaban J connectivity index is 1.84. The molecule has 0 bridgehead atoms. The zero-order valence-corrected chi connectivity index (χ0v) is 13.7. The number of rotatable bonds is 4. The van der Waals surface area contributed by atoms with Crippen molar-refractivity contribution in [2.24, 2.45) is 0 Å². The molecule has 1 N–H and O–H groups in total. The molecule has 0 saturated carbocycles. The zero-order chi connectivity index (χ0) is 16.4. The van der Waals surface area contributed by atoms with Crippen molar-refractivity contribution < 1.29 is 14.6 Å². The standard InChI is InChI=1S/C17H21N3O3/c1-11-18-8-12-9-20(5-4-15(12)19-11)10-14-16(22-2)6-13(21)7-17(14)23-3/h6-8,21H,4-5,9-10H2,1-3H3. The highest BCUT2D eigenvalue weighted by Gasteiger charge is 2.21. The summed E-state index contributed by atoms with van der Waals surface area (Å²) in [5.41, 5.74) is 3.24. The molecule has 2 heterocycles. The first-order chi connectivity index (χ1) is 11.1. The second-order valence-electron chi connectivity index (χ2n) is 5.68. The van der Waals surface area contributed by atoms with Gasteiger partial charge < -0.3 is 14.6 Å². The van der Waals surface area contributed by atoms with E-state index in [4.69, 9.17) is 9.47 Å². The Bertz CT molecular complexity index is 693. The second kappa shape index (κ2) is 6.42. The molecule has 1 aromatic heterocycles. The van der Waals surface area contributed by atoms with Crippen LogP contribution in [0.3, 0.4) is 0 Å². The third-order valence-electron chi connectivity index (χ3n) is 4.11. The fourth-order valence-corrected chi connectivity index (χ4v) is 2.96. The van der Waals surface area contributed by atoms with Gasteiger partial charge in [-0.05, 0) is 6.92 Å². The number of phenolic OH excluding ortho intramolecular Hbond substituents is 1. The molecule has 122 valence electrons. The molecule has 0 radical (unpaired) electrons. The summed E-state index contributed by atoms with van der Waals surface area (Å²) in [7, 11) is 3.19. The van der Waals surface area contributed by atoms with Crippen molar-refractivity contribution in [3.8, 4) is 17.2 Å². The van der Waals surface area contributed by atoms with E-state index in [0.717, 1.165) is 36.6 Å². The maximum absolute atomic E-state index is 9.75. The topological polar surface area (TPSA) is 67.7 Å². The minimum Gasteiger partial charge on any atom is -0.508 e. The van der Waals surface area contributed by atoms with Gasteiger partial charge in [0.05, 0.1) is 19.8 Å². The van der Waals surface area contributed by atoms with Crippen molar-refractivity contribution in [3.63, 3.8) is 0 Å². The van der Waals surface area contributed by atoms with E-state index in [1.54, 1.807) is 26.4 Å². The van der Waals surface area contributed by atoms with Gasteiger partial charge >= 0.3 is 0 Å². The van der Waals surface area contributed by atoms with E-state index < -0.39 is 0 Å². The van der Waals surface area contributed by atoms with Crippen molar-refractivity contribution in [3.05, 3.63) is 41.0 Å².